The maximum absolute atomic E-state index is 13.2. The van der Waals surface area contributed by atoms with E-state index in [-0.39, 0.29) is 22.0 Å². The largest absolute Gasteiger partial charge is 0.507 e. The molecule has 0 saturated heterocycles. The number of nitrogens with one attached hydrogen (secondary N) is 2. The molecule has 0 bridgehead atoms. The highest BCUT2D eigenvalue weighted by molar-refractivity contribution is 7.92. The minimum absolute atomic E-state index is 0.00214. The van der Waals surface area contributed by atoms with Crippen molar-refractivity contribution in [3.05, 3.63) is 99.6 Å². The molecule has 0 fully saturated rings. The maximum atomic E-state index is 13.2. The van der Waals surface area contributed by atoms with E-state index in [1.165, 1.54) is 18.3 Å². The first-order valence-corrected chi connectivity index (χ1v) is 12.0. The van der Waals surface area contributed by atoms with Crippen molar-refractivity contribution in [2.75, 3.05) is 10.1 Å². The molecule has 0 aliphatic carbocycles. The normalized spacial score (nSPS) is 11.6. The average molecular weight is 491 g/mol. The molecule has 0 spiro atoms. The summed E-state index contributed by atoms with van der Waals surface area (Å²) in [6.07, 6.45) is 1.37. The summed E-state index contributed by atoms with van der Waals surface area (Å²) in [5.41, 5.74) is 4.77. The van der Waals surface area contributed by atoms with E-state index in [4.69, 9.17) is 0 Å². The van der Waals surface area contributed by atoms with Crippen molar-refractivity contribution in [1.29, 1.82) is 0 Å². The number of anilines is 2. The van der Waals surface area contributed by atoms with Gasteiger partial charge in [0.1, 0.15) is 10.6 Å². The Kier molecular flexibility index (Phi) is 6.39. The fraction of sp³-hybridized carbons (Fsp3) is 0.0800. The topological polar surface area (TPSA) is 134 Å². The van der Waals surface area contributed by atoms with Crippen molar-refractivity contribution in [2.24, 2.45) is 5.10 Å². The SMILES string of the molecule is Cc1ccc(NS(=O)(=O)c2cc([N+](=O)[O-])ccc2N/N=C/c2c(O)ccc3ccccc23)c(C)c1. The van der Waals surface area contributed by atoms with Crippen molar-refractivity contribution < 1.29 is 18.4 Å². The zero-order valence-corrected chi connectivity index (χ0v) is 19.7. The van der Waals surface area contributed by atoms with Crippen molar-refractivity contribution >= 4 is 44.1 Å². The third-order valence-electron chi connectivity index (χ3n) is 5.42. The van der Waals surface area contributed by atoms with Gasteiger partial charge in [-0.2, -0.15) is 5.10 Å². The molecule has 0 aliphatic heterocycles. The van der Waals surface area contributed by atoms with Crippen molar-refractivity contribution in [1.82, 2.24) is 0 Å². The lowest BCUT2D eigenvalue weighted by Gasteiger charge is -2.14. The van der Waals surface area contributed by atoms with Crippen LogP contribution in [0.4, 0.5) is 17.1 Å². The van der Waals surface area contributed by atoms with Gasteiger partial charge in [0.25, 0.3) is 15.7 Å². The number of phenolic OH excluding ortho intramolecular Hbond substituents is 1. The number of nitro groups is 1. The number of sulfonamides is 1. The van der Waals surface area contributed by atoms with Gasteiger partial charge in [0.15, 0.2) is 0 Å². The molecule has 0 unspecified atom stereocenters. The summed E-state index contributed by atoms with van der Waals surface area (Å²) in [5.74, 6) is 0.00214. The quantitative estimate of drug-likeness (QED) is 0.182. The Hall–Kier alpha value is -4.44. The fourth-order valence-corrected chi connectivity index (χ4v) is 4.96. The van der Waals surface area contributed by atoms with E-state index in [0.29, 0.717) is 16.8 Å². The molecular formula is C25H22N4O5S. The number of rotatable bonds is 7. The van der Waals surface area contributed by atoms with Crippen LogP contribution in [0.3, 0.4) is 0 Å². The molecule has 4 rings (SSSR count). The predicted molar refractivity (Wildman–Crippen MR) is 137 cm³/mol. The van der Waals surface area contributed by atoms with Gasteiger partial charge in [-0.25, -0.2) is 8.42 Å². The van der Waals surface area contributed by atoms with E-state index in [2.05, 4.69) is 15.2 Å². The molecule has 0 aromatic heterocycles. The molecule has 0 atom stereocenters. The number of hydrogen-bond acceptors (Lipinski definition) is 7. The number of benzene rings is 4. The van der Waals surface area contributed by atoms with Crippen LogP contribution in [0.5, 0.6) is 5.75 Å². The first-order valence-electron chi connectivity index (χ1n) is 10.5. The lowest BCUT2D eigenvalue weighted by molar-refractivity contribution is -0.385. The molecule has 178 valence electrons. The van der Waals surface area contributed by atoms with E-state index in [1.807, 2.05) is 37.3 Å². The number of phenols is 1. The number of non-ortho nitro benzene ring substituents is 1. The molecule has 0 saturated carbocycles. The molecule has 0 radical (unpaired) electrons. The Morgan fingerprint density at radius 3 is 2.46 bits per heavy atom. The summed E-state index contributed by atoms with van der Waals surface area (Å²) in [5, 5.41) is 27.4. The van der Waals surface area contributed by atoms with Crippen LogP contribution >= 0.6 is 0 Å². The molecule has 0 aliphatic rings. The minimum Gasteiger partial charge on any atom is -0.507 e. The predicted octanol–water partition coefficient (Wildman–Crippen LogP) is 5.32. The summed E-state index contributed by atoms with van der Waals surface area (Å²) in [6.45, 7) is 3.65. The summed E-state index contributed by atoms with van der Waals surface area (Å²) in [6, 6.07) is 19.4. The third-order valence-corrected chi connectivity index (χ3v) is 6.82. The molecule has 4 aromatic carbocycles. The molecular weight excluding hydrogens is 468 g/mol. The number of fused-ring (bicyclic) bond motifs is 1. The Morgan fingerprint density at radius 2 is 1.71 bits per heavy atom. The summed E-state index contributed by atoms with van der Waals surface area (Å²) < 4.78 is 29.0. The summed E-state index contributed by atoms with van der Waals surface area (Å²) >= 11 is 0. The van der Waals surface area contributed by atoms with Gasteiger partial charge >= 0.3 is 0 Å². The van der Waals surface area contributed by atoms with Crippen LogP contribution < -0.4 is 10.1 Å². The zero-order valence-electron chi connectivity index (χ0n) is 18.9. The number of aromatic hydroxyl groups is 1. The minimum atomic E-state index is -4.21. The number of aryl methyl sites for hydroxylation is 2. The first kappa shape index (κ1) is 23.7. The molecule has 0 amide bonds. The van der Waals surface area contributed by atoms with Crippen LogP contribution in [-0.2, 0) is 10.0 Å². The van der Waals surface area contributed by atoms with Crippen molar-refractivity contribution in [2.45, 2.75) is 18.7 Å². The zero-order chi connectivity index (χ0) is 25.2. The van der Waals surface area contributed by atoms with E-state index in [1.54, 1.807) is 31.2 Å². The van der Waals surface area contributed by atoms with Gasteiger partial charge in [0.05, 0.1) is 22.5 Å². The Balaban J connectivity index is 1.71. The Morgan fingerprint density at radius 1 is 0.971 bits per heavy atom. The number of hydrogen-bond donors (Lipinski definition) is 3. The molecule has 0 heterocycles. The van der Waals surface area contributed by atoms with Crippen LogP contribution in [0.2, 0.25) is 0 Å². The summed E-state index contributed by atoms with van der Waals surface area (Å²) in [7, 11) is -4.21. The lowest BCUT2D eigenvalue weighted by Crippen LogP contribution is -2.16. The van der Waals surface area contributed by atoms with Crippen LogP contribution in [-0.4, -0.2) is 24.7 Å². The van der Waals surface area contributed by atoms with E-state index < -0.39 is 14.9 Å². The van der Waals surface area contributed by atoms with Gasteiger partial charge in [0, 0.05) is 17.7 Å². The Bertz CT molecular complexity index is 1580. The van der Waals surface area contributed by atoms with Crippen LogP contribution in [0.15, 0.2) is 82.8 Å². The van der Waals surface area contributed by atoms with E-state index in [0.717, 1.165) is 22.4 Å². The van der Waals surface area contributed by atoms with E-state index in [9.17, 15) is 23.6 Å². The van der Waals surface area contributed by atoms with Gasteiger partial charge in [-0.05, 0) is 48.4 Å². The lowest BCUT2D eigenvalue weighted by atomic mass is 10.0. The van der Waals surface area contributed by atoms with Crippen LogP contribution in [0, 0.1) is 24.0 Å². The van der Waals surface area contributed by atoms with Gasteiger partial charge in [0.2, 0.25) is 0 Å². The first-order chi connectivity index (χ1) is 16.7. The van der Waals surface area contributed by atoms with Crippen molar-refractivity contribution in [3.63, 3.8) is 0 Å². The van der Waals surface area contributed by atoms with Gasteiger partial charge in [-0.1, -0.05) is 48.0 Å². The molecule has 35 heavy (non-hydrogen) atoms. The highest BCUT2D eigenvalue weighted by Gasteiger charge is 2.23. The number of nitrogens with zero attached hydrogens (tertiary/aromatic N) is 2. The molecule has 9 nitrogen and oxygen atoms in total. The summed E-state index contributed by atoms with van der Waals surface area (Å²) in [4.78, 5) is 10.3. The highest BCUT2D eigenvalue weighted by atomic mass is 32.2. The average Bonchev–Trinajstić information content (AvgIpc) is 2.82. The monoisotopic (exact) mass is 490 g/mol. The third kappa shape index (κ3) is 5.07. The number of nitro benzene ring substituents is 1. The van der Waals surface area contributed by atoms with Gasteiger partial charge in [-0.3, -0.25) is 20.3 Å². The maximum Gasteiger partial charge on any atom is 0.270 e. The molecule has 4 aromatic rings. The van der Waals surface area contributed by atoms with E-state index >= 15 is 0 Å². The fourth-order valence-electron chi connectivity index (χ4n) is 3.65. The molecule has 3 N–H and O–H groups in total. The smallest absolute Gasteiger partial charge is 0.270 e. The van der Waals surface area contributed by atoms with Gasteiger partial charge in [-0.15, -0.1) is 0 Å². The highest BCUT2D eigenvalue weighted by Crippen LogP contribution is 2.30. The van der Waals surface area contributed by atoms with Crippen LogP contribution in [0.25, 0.3) is 10.8 Å². The standard InChI is InChI=1S/C25H22N4O5S/c1-16-7-10-22(17(2)13-16)28-35(33,34)25-14-19(29(31)32)9-11-23(25)27-26-15-21-20-6-4-3-5-18(20)8-12-24(21)30/h3-15,27-28,30H,1-2H3/b26-15+. The second-order valence-corrected chi connectivity index (χ2v) is 9.60. The van der Waals surface area contributed by atoms with Gasteiger partial charge < -0.3 is 5.11 Å². The second kappa shape index (κ2) is 9.43. The van der Waals surface area contributed by atoms with Crippen molar-refractivity contribution in [3.8, 4) is 5.75 Å². The molecule has 10 heteroatoms. The number of hydrazone groups is 1. The second-order valence-electron chi connectivity index (χ2n) is 7.95. The Labute approximate surface area is 201 Å². The van der Waals surface area contributed by atoms with Crippen LogP contribution in [0.1, 0.15) is 16.7 Å².